The highest BCUT2D eigenvalue weighted by molar-refractivity contribution is 5.89. The number of aromatic nitrogens is 3. The first-order valence-corrected chi connectivity index (χ1v) is 12.9. The molecule has 11 heteroatoms. The van der Waals surface area contributed by atoms with Crippen LogP contribution in [0, 0.1) is 12.5 Å². The number of anilines is 4. The summed E-state index contributed by atoms with van der Waals surface area (Å²) in [5, 5.41) is 9.95. The van der Waals surface area contributed by atoms with E-state index in [2.05, 4.69) is 37.2 Å². The maximum absolute atomic E-state index is 12.1. The van der Waals surface area contributed by atoms with Crippen LogP contribution in [0.5, 0.6) is 11.5 Å². The smallest absolute Gasteiger partial charge is 0.246 e. The molecule has 5 rings (SSSR count). The Morgan fingerprint density at radius 2 is 2.02 bits per heavy atom. The van der Waals surface area contributed by atoms with E-state index < -0.39 is 0 Å². The van der Waals surface area contributed by atoms with Gasteiger partial charge in [0.25, 0.3) is 0 Å². The van der Waals surface area contributed by atoms with Gasteiger partial charge in [-0.05, 0) is 68.0 Å². The van der Waals surface area contributed by atoms with Crippen molar-refractivity contribution < 1.29 is 9.53 Å². The van der Waals surface area contributed by atoms with Crippen molar-refractivity contribution in [2.45, 2.75) is 19.9 Å². The number of carbonyl (C=O) groups is 1. The van der Waals surface area contributed by atoms with E-state index in [9.17, 15) is 4.79 Å². The summed E-state index contributed by atoms with van der Waals surface area (Å²) >= 11 is 0. The number of hydrogen-bond donors (Lipinski definition) is 3. The summed E-state index contributed by atoms with van der Waals surface area (Å²) < 4.78 is 6.08. The first-order chi connectivity index (χ1) is 19.4. The Hall–Kier alpha value is -5.06. The minimum Gasteiger partial charge on any atom is -0.457 e. The summed E-state index contributed by atoms with van der Waals surface area (Å²) in [6.45, 7) is 9.55. The third kappa shape index (κ3) is 5.39. The summed E-state index contributed by atoms with van der Waals surface area (Å²) in [6, 6.07) is 15.1. The van der Waals surface area contributed by atoms with Crippen LogP contribution in [-0.2, 0) is 4.79 Å². The summed E-state index contributed by atoms with van der Waals surface area (Å²) in [5.41, 5.74) is 11.8. The molecule has 0 saturated carbocycles. The quantitative estimate of drug-likeness (QED) is 0.190. The van der Waals surface area contributed by atoms with Crippen molar-refractivity contribution in [3.63, 3.8) is 0 Å². The van der Waals surface area contributed by atoms with Crippen molar-refractivity contribution in [2.75, 3.05) is 42.2 Å². The molecule has 3 N–H and O–H groups in total. The first-order valence-electron chi connectivity index (χ1n) is 12.9. The second kappa shape index (κ2) is 11.4. The summed E-state index contributed by atoms with van der Waals surface area (Å²) in [6.07, 6.45) is 2.88. The number of benzene rings is 2. The van der Waals surface area contributed by atoms with E-state index in [1.165, 1.54) is 12.4 Å². The predicted molar refractivity (Wildman–Crippen MR) is 156 cm³/mol. The van der Waals surface area contributed by atoms with Gasteiger partial charge in [0.05, 0.1) is 11.2 Å². The lowest BCUT2D eigenvalue weighted by molar-refractivity contribution is -0.128. The Labute approximate surface area is 232 Å². The third-order valence-electron chi connectivity index (χ3n) is 6.90. The second-order valence-electron chi connectivity index (χ2n) is 9.54. The van der Waals surface area contributed by atoms with Crippen LogP contribution in [0.2, 0.25) is 0 Å². The van der Waals surface area contributed by atoms with Crippen molar-refractivity contribution in [1.82, 2.24) is 19.9 Å². The largest absolute Gasteiger partial charge is 0.457 e. The molecule has 1 atom stereocenters. The Kier molecular flexibility index (Phi) is 7.54. The molecule has 1 fully saturated rings. The number of amides is 1. The van der Waals surface area contributed by atoms with Crippen LogP contribution in [0.15, 0.2) is 72.6 Å². The average molecular weight is 538 g/mol. The number of nitrogens with zero attached hydrogens (tertiary/aromatic N) is 6. The van der Waals surface area contributed by atoms with Crippen molar-refractivity contribution in [2.24, 2.45) is 5.11 Å². The molecular formula is C29H31N9O2. The standard InChI is InChI=1S/C29H31N9O2/c1-5-27(39)38-13-12-37(16-19(38)3)26-11-9-23-28(35-26)29(33-17-32-23)34-20-6-10-25(18(2)14-20)40-21-7-8-22(31-4)24(15-21)36-30/h5-11,14-15,17,19,30-31H,1,12-13,16H2,2-4H3,(H,32,33,34). The topological polar surface area (TPSA) is 132 Å². The van der Waals surface area contributed by atoms with Gasteiger partial charge in [-0.25, -0.2) is 20.5 Å². The Bertz CT molecular complexity index is 1590. The molecule has 40 heavy (non-hydrogen) atoms. The second-order valence-corrected chi connectivity index (χ2v) is 9.54. The molecule has 4 aromatic rings. The lowest BCUT2D eigenvalue weighted by Crippen LogP contribution is -2.53. The highest BCUT2D eigenvalue weighted by atomic mass is 16.5. The number of carbonyl (C=O) groups excluding carboxylic acids is 1. The summed E-state index contributed by atoms with van der Waals surface area (Å²) in [5.74, 6) is 2.64. The van der Waals surface area contributed by atoms with Gasteiger partial charge in [-0.2, -0.15) is 5.11 Å². The molecule has 1 amide bonds. The van der Waals surface area contributed by atoms with Crippen LogP contribution in [0.4, 0.5) is 28.7 Å². The van der Waals surface area contributed by atoms with Crippen LogP contribution in [0.25, 0.3) is 11.0 Å². The number of nitrogens with one attached hydrogen (secondary N) is 3. The van der Waals surface area contributed by atoms with Crippen molar-refractivity contribution in [3.8, 4) is 11.5 Å². The summed E-state index contributed by atoms with van der Waals surface area (Å²) in [4.78, 5) is 29.9. The molecule has 3 heterocycles. The molecule has 11 nitrogen and oxygen atoms in total. The van der Waals surface area contributed by atoms with Gasteiger partial charge in [-0.3, -0.25) is 4.79 Å². The zero-order valence-corrected chi connectivity index (χ0v) is 22.7. The fraction of sp³-hybridized carbons (Fsp3) is 0.241. The van der Waals surface area contributed by atoms with Crippen molar-refractivity contribution in [1.29, 1.82) is 5.53 Å². The molecule has 1 unspecified atom stereocenters. The molecular weight excluding hydrogens is 506 g/mol. The van der Waals surface area contributed by atoms with Crippen LogP contribution >= 0.6 is 0 Å². The first kappa shape index (κ1) is 26.5. The van der Waals surface area contributed by atoms with Gasteiger partial charge in [0, 0.05) is 44.5 Å². The molecule has 2 aromatic carbocycles. The highest BCUT2D eigenvalue weighted by Gasteiger charge is 2.27. The molecule has 2 aromatic heterocycles. The Morgan fingerprint density at radius 1 is 1.18 bits per heavy atom. The van der Waals surface area contributed by atoms with Crippen molar-refractivity contribution in [3.05, 3.63) is 73.1 Å². The minimum absolute atomic E-state index is 0.0410. The lowest BCUT2D eigenvalue weighted by atomic mass is 10.1. The van der Waals surface area contributed by atoms with Gasteiger partial charge in [0.15, 0.2) is 5.82 Å². The fourth-order valence-electron chi connectivity index (χ4n) is 4.79. The summed E-state index contributed by atoms with van der Waals surface area (Å²) in [7, 11) is 1.78. The number of fused-ring (bicyclic) bond motifs is 1. The molecule has 0 spiro atoms. The monoisotopic (exact) mass is 537 g/mol. The SMILES string of the molecule is C=CC(=O)N1CCN(c2ccc3ncnc(Nc4ccc(Oc5ccc(NC)c(N=N)c5)c(C)c4)c3n2)CC1C. The van der Waals surface area contributed by atoms with Crippen molar-refractivity contribution >= 4 is 45.6 Å². The lowest BCUT2D eigenvalue weighted by Gasteiger charge is -2.40. The number of pyridine rings is 1. The maximum atomic E-state index is 12.1. The van der Waals surface area contributed by atoms with E-state index in [-0.39, 0.29) is 11.9 Å². The van der Waals surface area contributed by atoms with Gasteiger partial charge in [-0.15, -0.1) is 0 Å². The van der Waals surface area contributed by atoms with E-state index in [1.807, 2.05) is 61.2 Å². The third-order valence-corrected chi connectivity index (χ3v) is 6.90. The highest BCUT2D eigenvalue weighted by Crippen LogP contribution is 2.34. The van der Waals surface area contributed by atoms with Gasteiger partial charge >= 0.3 is 0 Å². The van der Waals surface area contributed by atoms with Gasteiger partial charge in [-0.1, -0.05) is 6.58 Å². The molecule has 0 bridgehead atoms. The average Bonchev–Trinajstić information content (AvgIpc) is 2.98. The van der Waals surface area contributed by atoms with E-state index >= 15 is 0 Å². The Balaban J connectivity index is 1.35. The number of piperazine rings is 1. The van der Waals surface area contributed by atoms with Crippen LogP contribution < -0.4 is 20.3 Å². The molecule has 0 aliphatic carbocycles. The minimum atomic E-state index is -0.0509. The van der Waals surface area contributed by atoms with Gasteiger partial charge in [0.1, 0.15) is 34.8 Å². The molecule has 1 aliphatic heterocycles. The van der Waals surface area contributed by atoms with Gasteiger partial charge in [0.2, 0.25) is 5.91 Å². The number of ether oxygens (including phenoxy) is 1. The number of rotatable bonds is 8. The predicted octanol–water partition coefficient (Wildman–Crippen LogP) is 5.80. The van der Waals surface area contributed by atoms with E-state index in [0.717, 1.165) is 28.3 Å². The van der Waals surface area contributed by atoms with E-state index in [0.29, 0.717) is 48.2 Å². The molecule has 0 radical (unpaired) electrons. The van der Waals surface area contributed by atoms with Gasteiger partial charge < -0.3 is 25.2 Å². The van der Waals surface area contributed by atoms with E-state index in [4.69, 9.17) is 15.3 Å². The maximum Gasteiger partial charge on any atom is 0.246 e. The normalized spacial score (nSPS) is 15.0. The molecule has 1 saturated heterocycles. The van der Waals surface area contributed by atoms with Crippen LogP contribution in [0.1, 0.15) is 12.5 Å². The number of aryl methyl sites for hydroxylation is 1. The van der Waals surface area contributed by atoms with Crippen LogP contribution in [-0.4, -0.2) is 58.5 Å². The van der Waals surface area contributed by atoms with E-state index in [1.54, 1.807) is 13.1 Å². The molecule has 204 valence electrons. The van der Waals surface area contributed by atoms with Crippen LogP contribution in [0.3, 0.4) is 0 Å². The number of hydrogen-bond acceptors (Lipinski definition) is 10. The zero-order valence-electron chi connectivity index (χ0n) is 22.7. The zero-order chi connectivity index (χ0) is 28.2. The fourth-order valence-corrected chi connectivity index (χ4v) is 4.79. The molecule has 1 aliphatic rings. The Morgan fingerprint density at radius 3 is 2.75 bits per heavy atom.